The predicted molar refractivity (Wildman–Crippen MR) is 57.3 cm³/mol. The number of rotatable bonds is 4. The van der Waals surface area contributed by atoms with Gasteiger partial charge in [-0.2, -0.15) is 0 Å². The quantitative estimate of drug-likeness (QED) is 0.800. The van der Waals surface area contributed by atoms with Gasteiger partial charge in [-0.25, -0.2) is 4.98 Å². The Hall–Kier alpha value is -0.570. The van der Waals surface area contributed by atoms with E-state index in [1.807, 2.05) is 6.20 Å². The van der Waals surface area contributed by atoms with E-state index in [1.54, 1.807) is 11.3 Å². The van der Waals surface area contributed by atoms with Crippen LogP contribution in [0.2, 0.25) is 0 Å². The molecule has 1 heterocycles. The van der Waals surface area contributed by atoms with Crippen LogP contribution >= 0.6 is 11.3 Å². The zero-order valence-electron chi connectivity index (χ0n) is 8.21. The zero-order chi connectivity index (χ0) is 9.26. The highest BCUT2D eigenvalue weighted by Crippen LogP contribution is 2.37. The van der Waals surface area contributed by atoms with Crippen LogP contribution in [0.3, 0.4) is 0 Å². The van der Waals surface area contributed by atoms with Crippen LogP contribution in [-0.2, 0) is 0 Å². The molecule has 1 saturated carbocycles. The zero-order valence-corrected chi connectivity index (χ0v) is 9.03. The minimum atomic E-state index is 0.713. The number of anilines is 1. The van der Waals surface area contributed by atoms with Gasteiger partial charge in [0.25, 0.3) is 0 Å². The van der Waals surface area contributed by atoms with Gasteiger partial charge in [0.2, 0.25) is 0 Å². The van der Waals surface area contributed by atoms with Crippen LogP contribution in [0.25, 0.3) is 0 Å². The Balaban J connectivity index is 1.81. The van der Waals surface area contributed by atoms with E-state index in [0.29, 0.717) is 6.04 Å². The third-order valence-corrected chi connectivity index (χ3v) is 3.36. The minimum Gasteiger partial charge on any atom is -0.358 e. The van der Waals surface area contributed by atoms with Crippen molar-refractivity contribution in [2.75, 3.05) is 5.32 Å². The second-order valence-electron chi connectivity index (χ2n) is 3.81. The lowest BCUT2D eigenvalue weighted by molar-refractivity contribution is 0.692. The maximum absolute atomic E-state index is 4.30. The van der Waals surface area contributed by atoms with Crippen LogP contribution in [0.1, 0.15) is 31.1 Å². The molecule has 0 radical (unpaired) electrons. The molecular formula is C10H16N2S. The summed E-state index contributed by atoms with van der Waals surface area (Å²) < 4.78 is 0. The number of nitrogens with one attached hydrogen (secondary N) is 1. The molecule has 13 heavy (non-hydrogen) atoms. The van der Waals surface area contributed by atoms with E-state index >= 15 is 0 Å². The lowest BCUT2D eigenvalue weighted by Crippen LogP contribution is -2.03. The van der Waals surface area contributed by atoms with Crippen LogP contribution in [0.5, 0.6) is 0 Å². The molecule has 1 aliphatic carbocycles. The summed E-state index contributed by atoms with van der Waals surface area (Å²) >= 11 is 1.75. The average molecular weight is 196 g/mol. The number of hydrogen-bond acceptors (Lipinski definition) is 3. The van der Waals surface area contributed by atoms with Gasteiger partial charge in [-0.3, -0.25) is 0 Å². The van der Waals surface area contributed by atoms with Gasteiger partial charge >= 0.3 is 0 Å². The van der Waals surface area contributed by atoms with Crippen molar-refractivity contribution in [2.45, 2.75) is 39.2 Å². The molecule has 72 valence electrons. The third kappa shape index (κ3) is 2.21. The van der Waals surface area contributed by atoms with Crippen LogP contribution in [0.15, 0.2) is 6.20 Å². The second kappa shape index (κ2) is 3.66. The van der Waals surface area contributed by atoms with E-state index in [9.17, 15) is 0 Å². The van der Waals surface area contributed by atoms with Gasteiger partial charge in [0.15, 0.2) is 5.13 Å². The highest BCUT2D eigenvalue weighted by atomic mass is 32.1. The number of hydrogen-bond donors (Lipinski definition) is 1. The first-order valence-electron chi connectivity index (χ1n) is 4.98. The summed E-state index contributed by atoms with van der Waals surface area (Å²) in [6, 6.07) is 0.713. The standard InChI is InChI=1S/C10H16N2S/c1-3-4-8-5-9(8)12-10-11-6-7(2)13-10/h6,8-9H,3-5H2,1-2H3,(H,11,12). The molecule has 2 atom stereocenters. The SMILES string of the molecule is CCCC1CC1Nc1ncc(C)s1. The van der Waals surface area contributed by atoms with Crippen LogP contribution < -0.4 is 5.32 Å². The van der Waals surface area contributed by atoms with Crippen LogP contribution in [0.4, 0.5) is 5.13 Å². The van der Waals surface area contributed by atoms with Crippen molar-refractivity contribution in [2.24, 2.45) is 5.92 Å². The normalized spacial score (nSPS) is 26.0. The summed E-state index contributed by atoms with van der Waals surface area (Å²) in [5, 5.41) is 4.58. The van der Waals surface area contributed by atoms with E-state index in [0.717, 1.165) is 11.0 Å². The summed E-state index contributed by atoms with van der Waals surface area (Å²) in [5.74, 6) is 0.911. The molecule has 2 nitrogen and oxygen atoms in total. The summed E-state index contributed by atoms with van der Waals surface area (Å²) in [6.45, 7) is 4.35. The fraction of sp³-hybridized carbons (Fsp3) is 0.700. The van der Waals surface area contributed by atoms with Gasteiger partial charge in [0, 0.05) is 17.1 Å². The summed E-state index contributed by atoms with van der Waals surface area (Å²) in [4.78, 5) is 5.59. The second-order valence-corrected chi connectivity index (χ2v) is 5.05. The molecule has 3 heteroatoms. The smallest absolute Gasteiger partial charge is 0.183 e. The van der Waals surface area contributed by atoms with Gasteiger partial charge < -0.3 is 5.32 Å². The first-order chi connectivity index (χ1) is 6.29. The van der Waals surface area contributed by atoms with E-state index in [4.69, 9.17) is 0 Å². The molecule has 1 aromatic rings. The molecular weight excluding hydrogens is 180 g/mol. The highest BCUT2D eigenvalue weighted by molar-refractivity contribution is 7.15. The van der Waals surface area contributed by atoms with E-state index in [1.165, 1.54) is 24.1 Å². The van der Waals surface area contributed by atoms with Crippen LogP contribution in [0, 0.1) is 12.8 Å². The summed E-state index contributed by atoms with van der Waals surface area (Å²) in [6.07, 6.45) is 5.94. The molecule has 0 spiro atoms. The van der Waals surface area contributed by atoms with Crippen molar-refractivity contribution in [3.63, 3.8) is 0 Å². The molecule has 0 bridgehead atoms. The fourth-order valence-electron chi connectivity index (χ4n) is 1.69. The molecule has 2 rings (SSSR count). The van der Waals surface area contributed by atoms with Crippen LogP contribution in [-0.4, -0.2) is 11.0 Å². The Kier molecular flexibility index (Phi) is 2.54. The topological polar surface area (TPSA) is 24.9 Å². The molecule has 0 aromatic carbocycles. The van der Waals surface area contributed by atoms with E-state index in [2.05, 4.69) is 24.1 Å². The number of aromatic nitrogens is 1. The summed E-state index contributed by atoms with van der Waals surface area (Å²) in [5.41, 5.74) is 0. The van der Waals surface area contributed by atoms with Gasteiger partial charge in [-0.05, 0) is 25.7 Å². The Morgan fingerprint density at radius 3 is 3.15 bits per heavy atom. The van der Waals surface area contributed by atoms with Gasteiger partial charge in [0.05, 0.1) is 0 Å². The Morgan fingerprint density at radius 1 is 1.69 bits per heavy atom. The average Bonchev–Trinajstić information content (AvgIpc) is 2.66. The fourth-order valence-corrected chi connectivity index (χ4v) is 2.42. The monoisotopic (exact) mass is 196 g/mol. The number of thiazole rings is 1. The molecule has 1 fully saturated rings. The lowest BCUT2D eigenvalue weighted by Gasteiger charge is -1.99. The largest absolute Gasteiger partial charge is 0.358 e. The molecule has 1 aliphatic rings. The Morgan fingerprint density at radius 2 is 2.54 bits per heavy atom. The minimum absolute atomic E-state index is 0.713. The van der Waals surface area contributed by atoms with Crippen molar-refractivity contribution in [1.29, 1.82) is 0 Å². The van der Waals surface area contributed by atoms with Crippen molar-refractivity contribution >= 4 is 16.5 Å². The molecule has 0 aliphatic heterocycles. The van der Waals surface area contributed by atoms with E-state index in [-0.39, 0.29) is 0 Å². The first kappa shape index (κ1) is 9.00. The lowest BCUT2D eigenvalue weighted by atomic mass is 10.2. The van der Waals surface area contributed by atoms with Crippen molar-refractivity contribution in [3.8, 4) is 0 Å². The third-order valence-electron chi connectivity index (χ3n) is 2.51. The van der Waals surface area contributed by atoms with Crippen molar-refractivity contribution in [1.82, 2.24) is 4.98 Å². The van der Waals surface area contributed by atoms with Gasteiger partial charge in [0.1, 0.15) is 0 Å². The highest BCUT2D eigenvalue weighted by Gasteiger charge is 2.36. The maximum atomic E-state index is 4.30. The van der Waals surface area contributed by atoms with Gasteiger partial charge in [-0.1, -0.05) is 13.3 Å². The molecule has 1 aromatic heterocycles. The maximum Gasteiger partial charge on any atom is 0.183 e. The van der Waals surface area contributed by atoms with Crippen molar-refractivity contribution < 1.29 is 0 Å². The summed E-state index contributed by atoms with van der Waals surface area (Å²) in [7, 11) is 0. The predicted octanol–water partition coefficient (Wildman–Crippen LogP) is 3.05. The molecule has 1 N–H and O–H groups in total. The van der Waals surface area contributed by atoms with Gasteiger partial charge in [-0.15, -0.1) is 11.3 Å². The first-order valence-corrected chi connectivity index (χ1v) is 5.80. The Labute approximate surface area is 83.4 Å². The molecule has 0 amide bonds. The number of nitrogens with zero attached hydrogens (tertiary/aromatic N) is 1. The number of aryl methyl sites for hydroxylation is 1. The molecule has 2 unspecified atom stereocenters. The Bertz CT molecular complexity index is 282. The molecule has 0 saturated heterocycles. The van der Waals surface area contributed by atoms with Crippen molar-refractivity contribution in [3.05, 3.63) is 11.1 Å². The van der Waals surface area contributed by atoms with E-state index < -0.39 is 0 Å².